The highest BCUT2D eigenvalue weighted by molar-refractivity contribution is 6.30. The van der Waals surface area contributed by atoms with Gasteiger partial charge in [-0.1, -0.05) is 23.7 Å². The third-order valence-electron chi connectivity index (χ3n) is 2.89. The van der Waals surface area contributed by atoms with Crippen molar-refractivity contribution in [1.82, 2.24) is 0 Å². The summed E-state index contributed by atoms with van der Waals surface area (Å²) in [7, 11) is 0. The van der Waals surface area contributed by atoms with Gasteiger partial charge in [-0.2, -0.15) is 0 Å². The van der Waals surface area contributed by atoms with Gasteiger partial charge < -0.3 is 5.73 Å². The lowest BCUT2D eigenvalue weighted by Crippen LogP contribution is -2.16. The lowest BCUT2D eigenvalue weighted by atomic mass is 9.95. The summed E-state index contributed by atoms with van der Waals surface area (Å²) in [6.45, 7) is 1.82. The third-order valence-corrected chi connectivity index (χ3v) is 3.12. The predicted octanol–water partition coefficient (Wildman–Crippen LogP) is 3.97. The summed E-state index contributed by atoms with van der Waals surface area (Å²) >= 11 is 5.88. The van der Waals surface area contributed by atoms with Crippen molar-refractivity contribution in [2.45, 2.75) is 13.0 Å². The first kappa shape index (κ1) is 13.0. The molecule has 1 atom stereocenters. The molecule has 2 aromatic rings. The number of rotatable bonds is 2. The van der Waals surface area contributed by atoms with Crippen molar-refractivity contribution in [3.63, 3.8) is 0 Å². The molecule has 2 aromatic carbocycles. The van der Waals surface area contributed by atoms with Gasteiger partial charge in [0.05, 0.1) is 6.04 Å². The Bertz CT molecular complexity index is 564. The van der Waals surface area contributed by atoms with Gasteiger partial charge in [-0.05, 0) is 42.3 Å². The smallest absolute Gasteiger partial charge is 0.131 e. The van der Waals surface area contributed by atoms with E-state index in [4.69, 9.17) is 17.3 Å². The van der Waals surface area contributed by atoms with Gasteiger partial charge in [-0.3, -0.25) is 0 Å². The molecular weight excluding hydrogens is 256 g/mol. The molecule has 0 fully saturated rings. The van der Waals surface area contributed by atoms with Crippen LogP contribution in [0.25, 0.3) is 0 Å². The summed E-state index contributed by atoms with van der Waals surface area (Å²) in [5, 5.41) is 0.489. The Morgan fingerprint density at radius 1 is 1.11 bits per heavy atom. The average Bonchev–Trinajstić information content (AvgIpc) is 2.32. The Balaban J connectivity index is 2.54. The van der Waals surface area contributed by atoms with Crippen molar-refractivity contribution in [2.75, 3.05) is 0 Å². The van der Waals surface area contributed by atoms with E-state index in [0.717, 1.165) is 5.56 Å². The lowest BCUT2D eigenvalue weighted by Gasteiger charge is -2.17. The molecule has 0 bridgehead atoms. The Morgan fingerprint density at radius 2 is 1.72 bits per heavy atom. The molecule has 0 radical (unpaired) electrons. The SMILES string of the molecule is Cc1ccc(Cl)cc1C(N)c1c(F)cccc1F. The number of halogens is 3. The minimum atomic E-state index is -0.870. The maximum Gasteiger partial charge on any atom is 0.131 e. The minimum absolute atomic E-state index is 0.136. The van der Waals surface area contributed by atoms with Crippen LogP contribution >= 0.6 is 11.6 Å². The van der Waals surface area contributed by atoms with E-state index in [0.29, 0.717) is 10.6 Å². The monoisotopic (exact) mass is 267 g/mol. The van der Waals surface area contributed by atoms with E-state index >= 15 is 0 Å². The fourth-order valence-corrected chi connectivity index (χ4v) is 2.09. The number of benzene rings is 2. The molecule has 0 amide bonds. The number of hydrogen-bond donors (Lipinski definition) is 1. The van der Waals surface area contributed by atoms with E-state index in [9.17, 15) is 8.78 Å². The highest BCUT2D eigenvalue weighted by Gasteiger charge is 2.19. The molecule has 0 aromatic heterocycles. The molecule has 0 aliphatic rings. The first-order valence-electron chi connectivity index (χ1n) is 5.46. The van der Waals surface area contributed by atoms with Crippen molar-refractivity contribution in [2.24, 2.45) is 5.73 Å². The van der Waals surface area contributed by atoms with Crippen LogP contribution in [-0.4, -0.2) is 0 Å². The minimum Gasteiger partial charge on any atom is -0.320 e. The van der Waals surface area contributed by atoms with Gasteiger partial charge in [-0.15, -0.1) is 0 Å². The normalized spacial score (nSPS) is 12.5. The molecule has 0 heterocycles. The summed E-state index contributed by atoms with van der Waals surface area (Å²) in [6, 6.07) is 7.95. The Hall–Kier alpha value is -1.45. The van der Waals surface area contributed by atoms with Crippen LogP contribution in [0.1, 0.15) is 22.7 Å². The Labute approximate surface area is 109 Å². The van der Waals surface area contributed by atoms with Crippen LogP contribution in [0.5, 0.6) is 0 Å². The van der Waals surface area contributed by atoms with Crippen molar-refractivity contribution in [1.29, 1.82) is 0 Å². The number of aryl methyl sites for hydroxylation is 1. The first-order chi connectivity index (χ1) is 8.50. The van der Waals surface area contributed by atoms with Crippen LogP contribution in [-0.2, 0) is 0 Å². The Morgan fingerprint density at radius 3 is 2.33 bits per heavy atom. The molecule has 4 heteroatoms. The summed E-state index contributed by atoms with van der Waals surface area (Å²) in [6.07, 6.45) is 0. The summed E-state index contributed by atoms with van der Waals surface area (Å²) in [5.41, 5.74) is 7.27. The quantitative estimate of drug-likeness (QED) is 0.875. The van der Waals surface area contributed by atoms with Crippen LogP contribution in [0.15, 0.2) is 36.4 Å². The molecule has 1 unspecified atom stereocenters. The molecule has 0 saturated carbocycles. The maximum absolute atomic E-state index is 13.7. The molecule has 0 aliphatic heterocycles. The van der Waals surface area contributed by atoms with E-state index in [2.05, 4.69) is 0 Å². The molecule has 94 valence electrons. The summed E-state index contributed by atoms with van der Waals surface area (Å²) in [4.78, 5) is 0. The number of hydrogen-bond acceptors (Lipinski definition) is 1. The van der Waals surface area contributed by atoms with Crippen molar-refractivity contribution < 1.29 is 8.78 Å². The van der Waals surface area contributed by atoms with E-state index in [-0.39, 0.29) is 5.56 Å². The highest BCUT2D eigenvalue weighted by atomic mass is 35.5. The third kappa shape index (κ3) is 2.37. The molecule has 0 aliphatic carbocycles. The van der Waals surface area contributed by atoms with Crippen LogP contribution in [0.2, 0.25) is 5.02 Å². The van der Waals surface area contributed by atoms with Gasteiger partial charge in [-0.25, -0.2) is 8.78 Å². The summed E-state index contributed by atoms with van der Waals surface area (Å²) in [5.74, 6) is -1.30. The second-order valence-corrected chi connectivity index (χ2v) is 4.55. The van der Waals surface area contributed by atoms with Gasteiger partial charge in [0, 0.05) is 10.6 Å². The van der Waals surface area contributed by atoms with Gasteiger partial charge in [0.1, 0.15) is 11.6 Å². The van der Waals surface area contributed by atoms with E-state index < -0.39 is 17.7 Å². The second-order valence-electron chi connectivity index (χ2n) is 4.11. The van der Waals surface area contributed by atoms with Gasteiger partial charge in [0.25, 0.3) is 0 Å². The van der Waals surface area contributed by atoms with Crippen molar-refractivity contribution in [3.8, 4) is 0 Å². The van der Waals surface area contributed by atoms with Crippen LogP contribution in [0.4, 0.5) is 8.78 Å². The zero-order valence-electron chi connectivity index (χ0n) is 9.75. The standard InChI is InChI=1S/C14H12ClF2N/c1-8-5-6-9(15)7-10(8)14(18)13-11(16)3-2-4-12(13)17/h2-7,14H,18H2,1H3. The topological polar surface area (TPSA) is 26.0 Å². The van der Waals surface area contributed by atoms with Crippen LogP contribution in [0.3, 0.4) is 0 Å². The largest absolute Gasteiger partial charge is 0.320 e. The molecule has 0 spiro atoms. The molecule has 0 saturated heterocycles. The number of nitrogens with two attached hydrogens (primary N) is 1. The predicted molar refractivity (Wildman–Crippen MR) is 68.6 cm³/mol. The molecule has 2 N–H and O–H groups in total. The van der Waals surface area contributed by atoms with E-state index in [1.165, 1.54) is 18.2 Å². The van der Waals surface area contributed by atoms with E-state index in [1.807, 2.05) is 6.92 Å². The fourth-order valence-electron chi connectivity index (χ4n) is 1.91. The first-order valence-corrected chi connectivity index (χ1v) is 5.84. The van der Waals surface area contributed by atoms with Crippen molar-refractivity contribution in [3.05, 3.63) is 69.7 Å². The van der Waals surface area contributed by atoms with Crippen molar-refractivity contribution >= 4 is 11.6 Å². The van der Waals surface area contributed by atoms with Gasteiger partial charge in [0.2, 0.25) is 0 Å². The zero-order chi connectivity index (χ0) is 13.3. The maximum atomic E-state index is 13.7. The lowest BCUT2D eigenvalue weighted by molar-refractivity contribution is 0.543. The second kappa shape index (κ2) is 5.04. The molecule has 1 nitrogen and oxygen atoms in total. The van der Waals surface area contributed by atoms with Crippen LogP contribution in [0, 0.1) is 18.6 Å². The zero-order valence-corrected chi connectivity index (χ0v) is 10.5. The highest BCUT2D eigenvalue weighted by Crippen LogP contribution is 2.28. The molecule has 2 rings (SSSR count). The van der Waals surface area contributed by atoms with Gasteiger partial charge in [0.15, 0.2) is 0 Å². The summed E-state index contributed by atoms with van der Waals surface area (Å²) < 4.78 is 27.3. The average molecular weight is 268 g/mol. The van der Waals surface area contributed by atoms with E-state index in [1.54, 1.807) is 18.2 Å². The fraction of sp³-hybridized carbons (Fsp3) is 0.143. The molecular formula is C14H12ClF2N. The molecule has 18 heavy (non-hydrogen) atoms. The Kier molecular flexibility index (Phi) is 3.64. The van der Waals surface area contributed by atoms with Crippen LogP contribution < -0.4 is 5.73 Å². The van der Waals surface area contributed by atoms with Gasteiger partial charge >= 0.3 is 0 Å².